The van der Waals surface area contributed by atoms with Crippen molar-refractivity contribution >= 4 is 35.0 Å². The van der Waals surface area contributed by atoms with Crippen molar-refractivity contribution in [2.24, 2.45) is 0 Å². The van der Waals surface area contributed by atoms with Crippen molar-refractivity contribution < 1.29 is 15.0 Å². The van der Waals surface area contributed by atoms with Crippen molar-refractivity contribution in [3.63, 3.8) is 0 Å². The number of carbonyl (C=O) groups is 1. The molecule has 0 aliphatic carbocycles. The molecule has 0 saturated carbocycles. The van der Waals surface area contributed by atoms with E-state index in [-0.39, 0.29) is 6.42 Å². The number of rotatable bonds is 9. The second kappa shape index (κ2) is 11.2. The van der Waals surface area contributed by atoms with Crippen LogP contribution in [0, 0.1) is 0 Å². The molecule has 3 aromatic rings. The molecular formula is C26H27Cl2N3O3. The van der Waals surface area contributed by atoms with E-state index in [0.717, 1.165) is 42.6 Å². The van der Waals surface area contributed by atoms with Crippen LogP contribution in [0.3, 0.4) is 0 Å². The molecule has 34 heavy (non-hydrogen) atoms. The lowest BCUT2D eigenvalue weighted by molar-refractivity contribution is -0.137. The van der Waals surface area contributed by atoms with Gasteiger partial charge in [-0.1, -0.05) is 60.3 Å². The van der Waals surface area contributed by atoms with Crippen LogP contribution in [0.1, 0.15) is 50.3 Å². The number of carboxylic acids is 1. The van der Waals surface area contributed by atoms with Gasteiger partial charge in [0.2, 0.25) is 0 Å². The third-order valence-corrected chi connectivity index (χ3v) is 6.50. The smallest absolute Gasteiger partial charge is 0.303 e. The van der Waals surface area contributed by atoms with Gasteiger partial charge in [-0.15, -0.1) is 0 Å². The number of hydrogen-bond donors (Lipinski definition) is 2. The molecule has 2 N–H and O–H groups in total. The second-order valence-electron chi connectivity index (χ2n) is 8.49. The third kappa shape index (κ3) is 5.87. The molecule has 0 fully saturated rings. The van der Waals surface area contributed by atoms with Crippen molar-refractivity contribution in [3.8, 4) is 22.5 Å². The Bertz CT molecular complexity index is 1140. The third-order valence-electron chi connectivity index (χ3n) is 5.99. The largest absolute Gasteiger partial charge is 0.481 e. The Kier molecular flexibility index (Phi) is 8.03. The van der Waals surface area contributed by atoms with Crippen LogP contribution >= 0.6 is 23.2 Å². The van der Waals surface area contributed by atoms with Gasteiger partial charge in [0.1, 0.15) is 11.8 Å². The maximum atomic E-state index is 10.8. The first-order valence-corrected chi connectivity index (χ1v) is 12.3. The molecule has 0 bridgehead atoms. The second-order valence-corrected chi connectivity index (χ2v) is 9.37. The highest BCUT2D eigenvalue weighted by Gasteiger charge is 2.29. The molecule has 0 amide bonds. The number of halogens is 2. The number of unbranched alkanes of at least 4 members (excludes halogenated alkanes) is 3. The number of benzene rings is 2. The van der Waals surface area contributed by atoms with E-state index >= 15 is 0 Å². The van der Waals surface area contributed by atoms with E-state index in [4.69, 9.17) is 38.3 Å². The molecule has 178 valence electrons. The van der Waals surface area contributed by atoms with Gasteiger partial charge >= 0.3 is 5.97 Å². The van der Waals surface area contributed by atoms with E-state index in [9.17, 15) is 9.90 Å². The van der Waals surface area contributed by atoms with Crippen LogP contribution < -0.4 is 4.90 Å². The van der Waals surface area contributed by atoms with Gasteiger partial charge in [0.05, 0.1) is 11.4 Å². The molecule has 2 aromatic carbocycles. The molecule has 1 aliphatic rings. The summed E-state index contributed by atoms with van der Waals surface area (Å²) in [5, 5.41) is 20.8. The number of aliphatic hydroxyl groups excluding tert-OH is 1. The Morgan fingerprint density at radius 3 is 2.03 bits per heavy atom. The van der Waals surface area contributed by atoms with E-state index in [1.165, 1.54) is 0 Å². The quantitative estimate of drug-likeness (QED) is 0.331. The minimum atomic E-state index is -0.750. The zero-order valence-corrected chi connectivity index (χ0v) is 20.3. The topological polar surface area (TPSA) is 86.5 Å². The summed E-state index contributed by atoms with van der Waals surface area (Å²) in [6, 6.07) is 14.9. The number of fused-ring (bicyclic) bond motifs is 1. The molecule has 0 spiro atoms. The molecule has 4 rings (SSSR count). The summed E-state index contributed by atoms with van der Waals surface area (Å²) >= 11 is 12.2. The number of anilines is 1. The van der Waals surface area contributed by atoms with Gasteiger partial charge in [-0.3, -0.25) is 4.79 Å². The Balaban J connectivity index is 1.66. The number of aliphatic carboxylic acids is 1. The fourth-order valence-electron chi connectivity index (χ4n) is 4.18. The first-order valence-electron chi connectivity index (χ1n) is 11.5. The van der Waals surface area contributed by atoms with Crippen LogP contribution in [0.25, 0.3) is 22.5 Å². The minimum absolute atomic E-state index is 0.210. The fourth-order valence-corrected chi connectivity index (χ4v) is 4.44. The van der Waals surface area contributed by atoms with Gasteiger partial charge in [0.25, 0.3) is 0 Å². The summed E-state index contributed by atoms with van der Waals surface area (Å²) in [6.45, 7) is 1.47. The molecule has 0 radical (unpaired) electrons. The molecular weight excluding hydrogens is 473 g/mol. The van der Waals surface area contributed by atoms with Gasteiger partial charge in [0, 0.05) is 40.7 Å². The Morgan fingerprint density at radius 2 is 1.44 bits per heavy atom. The molecule has 1 aromatic heterocycles. The van der Waals surface area contributed by atoms with Crippen molar-refractivity contribution in [3.05, 3.63) is 64.3 Å². The lowest BCUT2D eigenvalue weighted by Gasteiger charge is -2.33. The monoisotopic (exact) mass is 499 g/mol. The number of aromatic nitrogens is 2. The highest BCUT2D eigenvalue weighted by Crippen LogP contribution is 2.38. The SMILES string of the molecule is O=C(O)CCCCCCN1CCC(O)c2nc(-c3ccc(Cl)cc3)c(-c3ccc(Cl)cc3)nc21. The summed E-state index contributed by atoms with van der Waals surface area (Å²) in [7, 11) is 0. The molecule has 6 nitrogen and oxygen atoms in total. The summed E-state index contributed by atoms with van der Waals surface area (Å²) in [5.41, 5.74) is 3.75. The molecule has 2 heterocycles. The summed E-state index contributed by atoms with van der Waals surface area (Å²) in [4.78, 5) is 22.8. The Hall–Kier alpha value is -2.67. The van der Waals surface area contributed by atoms with E-state index in [1.54, 1.807) is 0 Å². The zero-order valence-electron chi connectivity index (χ0n) is 18.8. The standard InChI is InChI=1S/C26H27Cl2N3O3/c27-19-10-6-17(7-11-19)23-24(18-8-12-20(28)13-9-18)30-26-25(29-23)21(32)14-16-31(26)15-4-2-1-3-5-22(33)34/h6-13,21,32H,1-5,14-16H2,(H,33,34). The normalized spacial score (nSPS) is 15.3. The molecule has 1 aliphatic heterocycles. The molecule has 0 saturated heterocycles. The van der Waals surface area contributed by atoms with Crippen LogP contribution in [0.2, 0.25) is 10.0 Å². The van der Waals surface area contributed by atoms with E-state index in [2.05, 4.69) is 4.90 Å². The van der Waals surface area contributed by atoms with E-state index in [1.807, 2.05) is 48.5 Å². The van der Waals surface area contributed by atoms with E-state index < -0.39 is 12.1 Å². The van der Waals surface area contributed by atoms with Crippen LogP contribution in [0.5, 0.6) is 0 Å². The molecule has 8 heteroatoms. The molecule has 1 atom stereocenters. The summed E-state index contributed by atoms with van der Waals surface area (Å²) < 4.78 is 0. The predicted molar refractivity (Wildman–Crippen MR) is 135 cm³/mol. The number of carboxylic acid groups (broad SMARTS) is 1. The van der Waals surface area contributed by atoms with Crippen molar-refractivity contribution in [2.75, 3.05) is 18.0 Å². The van der Waals surface area contributed by atoms with Crippen molar-refractivity contribution in [1.82, 2.24) is 9.97 Å². The van der Waals surface area contributed by atoms with Gasteiger partial charge in [-0.25, -0.2) is 9.97 Å². The van der Waals surface area contributed by atoms with Crippen molar-refractivity contribution in [1.29, 1.82) is 0 Å². The summed E-state index contributed by atoms with van der Waals surface area (Å²) in [5.74, 6) is -0.0487. The van der Waals surface area contributed by atoms with Crippen LogP contribution in [-0.4, -0.2) is 39.2 Å². The number of aliphatic hydroxyl groups is 1. The average Bonchev–Trinajstić information content (AvgIpc) is 2.83. The van der Waals surface area contributed by atoms with Crippen LogP contribution in [0.15, 0.2) is 48.5 Å². The Labute approximate surface area is 209 Å². The highest BCUT2D eigenvalue weighted by atomic mass is 35.5. The van der Waals surface area contributed by atoms with E-state index in [0.29, 0.717) is 46.6 Å². The lowest BCUT2D eigenvalue weighted by Crippen LogP contribution is -2.34. The fraction of sp³-hybridized carbons (Fsp3) is 0.346. The lowest BCUT2D eigenvalue weighted by atomic mass is 10.0. The first-order chi connectivity index (χ1) is 16.4. The predicted octanol–water partition coefficient (Wildman–Crippen LogP) is 6.40. The maximum absolute atomic E-state index is 10.8. The van der Waals surface area contributed by atoms with Gasteiger partial charge < -0.3 is 15.1 Å². The first kappa shape index (κ1) is 24.5. The van der Waals surface area contributed by atoms with Crippen molar-refractivity contribution in [2.45, 2.75) is 44.6 Å². The summed E-state index contributed by atoms with van der Waals surface area (Å²) in [6.07, 6.45) is 3.55. The average molecular weight is 500 g/mol. The zero-order chi connectivity index (χ0) is 24.1. The van der Waals surface area contributed by atoms with Gasteiger partial charge in [0.15, 0.2) is 5.82 Å². The number of hydrogen-bond acceptors (Lipinski definition) is 5. The van der Waals surface area contributed by atoms with Gasteiger partial charge in [-0.2, -0.15) is 0 Å². The highest BCUT2D eigenvalue weighted by molar-refractivity contribution is 6.31. The molecule has 1 unspecified atom stereocenters. The Morgan fingerprint density at radius 1 is 0.882 bits per heavy atom. The minimum Gasteiger partial charge on any atom is -0.481 e. The van der Waals surface area contributed by atoms with Crippen LogP contribution in [-0.2, 0) is 4.79 Å². The van der Waals surface area contributed by atoms with Crippen LogP contribution in [0.4, 0.5) is 5.82 Å². The number of nitrogens with zero attached hydrogens (tertiary/aromatic N) is 3. The van der Waals surface area contributed by atoms with Gasteiger partial charge in [-0.05, 0) is 43.5 Å². The maximum Gasteiger partial charge on any atom is 0.303 e.